The number of nitrogens with zero attached hydrogens (tertiary/aromatic N) is 2. The molecule has 0 aliphatic carbocycles. The highest BCUT2D eigenvalue weighted by Gasteiger charge is 2.43. The van der Waals surface area contributed by atoms with E-state index in [1.807, 2.05) is 37.3 Å². The van der Waals surface area contributed by atoms with Crippen LogP contribution in [0, 0.1) is 0 Å². The minimum absolute atomic E-state index is 0.0824. The summed E-state index contributed by atoms with van der Waals surface area (Å²) in [5, 5.41) is 11.8. The van der Waals surface area contributed by atoms with Crippen LogP contribution in [0.2, 0.25) is 18.1 Å². The quantitative estimate of drug-likeness (QED) is 0.383. The number of hydrogen-bond donors (Lipinski definition) is 1. The van der Waals surface area contributed by atoms with Gasteiger partial charge in [0.1, 0.15) is 12.6 Å². The smallest absolute Gasteiger partial charge is 0.417 e. The number of imide groups is 1. The Kier molecular flexibility index (Phi) is 9.27. The molecule has 0 radical (unpaired) electrons. The van der Waals surface area contributed by atoms with E-state index in [9.17, 15) is 14.7 Å². The molecule has 0 spiro atoms. The Hall–Kier alpha value is -2.75. The first kappa shape index (κ1) is 27.8. The number of pyridine rings is 1. The van der Waals surface area contributed by atoms with E-state index in [2.05, 4.69) is 25.8 Å². The van der Waals surface area contributed by atoms with Gasteiger partial charge in [-0.05, 0) is 41.7 Å². The van der Waals surface area contributed by atoms with Gasteiger partial charge in [0.05, 0.1) is 25.7 Å². The second kappa shape index (κ2) is 12.0. The molecule has 1 N–H and O–H groups in total. The highest BCUT2D eigenvalue weighted by atomic mass is 28.4. The third kappa shape index (κ3) is 5.63. The summed E-state index contributed by atoms with van der Waals surface area (Å²) in [6.07, 6.45) is 0.812. The van der Waals surface area contributed by atoms with Crippen LogP contribution in [-0.4, -0.2) is 49.0 Å². The number of methoxy groups -OCH3 is 1. The Morgan fingerprint density at radius 3 is 2.42 bits per heavy atom. The second-order valence-corrected chi connectivity index (χ2v) is 14.0. The molecule has 1 aromatic carbocycles. The molecule has 2 heterocycles. The summed E-state index contributed by atoms with van der Waals surface area (Å²) in [4.78, 5) is 31.5. The van der Waals surface area contributed by atoms with Crippen LogP contribution in [-0.2, 0) is 26.2 Å². The summed E-state index contributed by atoms with van der Waals surface area (Å²) >= 11 is 0. The van der Waals surface area contributed by atoms with E-state index in [0.29, 0.717) is 17.0 Å². The van der Waals surface area contributed by atoms with Crippen molar-refractivity contribution in [3.63, 3.8) is 0 Å². The summed E-state index contributed by atoms with van der Waals surface area (Å²) in [6, 6.07) is 13.4. The fraction of sp³-hybridized carbons (Fsp3) is 0.519. The molecule has 9 heteroatoms. The van der Waals surface area contributed by atoms with Gasteiger partial charge >= 0.3 is 6.09 Å². The fourth-order valence-electron chi connectivity index (χ4n) is 4.87. The lowest BCUT2D eigenvalue weighted by Crippen LogP contribution is -2.40. The van der Waals surface area contributed by atoms with E-state index in [1.165, 1.54) is 7.11 Å². The van der Waals surface area contributed by atoms with Crippen LogP contribution in [0.3, 0.4) is 0 Å². The molecule has 1 aliphatic rings. The van der Waals surface area contributed by atoms with Crippen molar-refractivity contribution >= 4 is 20.3 Å². The summed E-state index contributed by atoms with van der Waals surface area (Å²) in [7, 11) is -0.410. The zero-order valence-electron chi connectivity index (χ0n) is 22.0. The Morgan fingerprint density at radius 2 is 1.83 bits per heavy atom. The molecular formula is C27H38N2O6Si. The second-order valence-electron chi connectivity index (χ2n) is 9.21. The van der Waals surface area contributed by atoms with Crippen molar-refractivity contribution in [2.24, 2.45) is 0 Å². The first-order chi connectivity index (χ1) is 17.3. The van der Waals surface area contributed by atoms with Gasteiger partial charge in [-0.25, -0.2) is 14.7 Å². The normalized spacial score (nSPS) is 17.6. The number of cyclic esters (lactones) is 1. The summed E-state index contributed by atoms with van der Waals surface area (Å²) < 4.78 is 17.3. The van der Waals surface area contributed by atoms with Crippen LogP contribution in [0.25, 0.3) is 0 Å². The largest absolute Gasteiger partial charge is 0.481 e. The SMILES string of the molecule is CC[C@@](O)(CC(=O)N1C(=O)OC[C@H]1c1ccccc1)c1ccnc(OC)c1CO[Si](CC)(CC)CC. The van der Waals surface area contributed by atoms with Crippen LogP contribution >= 0.6 is 0 Å². The Balaban J connectivity index is 1.93. The van der Waals surface area contributed by atoms with E-state index in [-0.39, 0.29) is 26.1 Å². The molecule has 1 saturated heterocycles. The first-order valence-corrected chi connectivity index (χ1v) is 15.2. The fourth-order valence-corrected chi connectivity index (χ4v) is 7.43. The van der Waals surface area contributed by atoms with Crippen LogP contribution in [0.4, 0.5) is 4.79 Å². The van der Waals surface area contributed by atoms with Crippen LogP contribution in [0.5, 0.6) is 5.88 Å². The number of aliphatic hydroxyl groups is 1. The van der Waals surface area contributed by atoms with Crippen molar-refractivity contribution in [1.29, 1.82) is 0 Å². The standard InChI is InChI=1S/C27H38N2O6Si/c1-6-27(32,17-24(30)29-23(19-34-26(29)31)20-13-11-10-12-14-20)22-15-16-28-25(33-5)21(22)18-35-36(7-2,8-3)9-4/h10-16,23,32H,6-9,17-19H2,1-5H3/t23-,27+/m0/s1. The van der Waals surface area contributed by atoms with E-state index >= 15 is 0 Å². The number of benzene rings is 1. The zero-order chi connectivity index (χ0) is 26.3. The molecule has 1 aromatic heterocycles. The number of rotatable bonds is 12. The molecule has 2 amide bonds. The molecule has 3 rings (SSSR count). The van der Waals surface area contributed by atoms with Gasteiger partial charge in [0.15, 0.2) is 8.32 Å². The topological polar surface area (TPSA) is 98.2 Å². The number of amides is 2. The molecule has 36 heavy (non-hydrogen) atoms. The minimum atomic E-state index is -1.94. The Bertz CT molecular complexity index is 1040. The van der Waals surface area contributed by atoms with Crippen molar-refractivity contribution in [2.75, 3.05) is 13.7 Å². The lowest BCUT2D eigenvalue weighted by molar-refractivity contribution is -0.135. The van der Waals surface area contributed by atoms with Gasteiger partial charge < -0.3 is 19.0 Å². The third-order valence-electron chi connectivity index (χ3n) is 7.52. The average Bonchev–Trinajstić information content (AvgIpc) is 3.31. The number of ether oxygens (including phenoxy) is 2. The maximum absolute atomic E-state index is 13.5. The lowest BCUT2D eigenvalue weighted by Gasteiger charge is -2.33. The Morgan fingerprint density at radius 1 is 1.17 bits per heavy atom. The average molecular weight is 515 g/mol. The summed E-state index contributed by atoms with van der Waals surface area (Å²) in [5.41, 5.74) is 0.412. The number of hydrogen-bond acceptors (Lipinski definition) is 7. The van der Waals surface area contributed by atoms with E-state index in [1.54, 1.807) is 12.3 Å². The van der Waals surface area contributed by atoms with E-state index in [0.717, 1.165) is 28.6 Å². The Labute approximate surface area is 214 Å². The minimum Gasteiger partial charge on any atom is -0.481 e. The maximum Gasteiger partial charge on any atom is 0.417 e. The number of carbonyl (C=O) groups is 2. The van der Waals surface area contributed by atoms with E-state index < -0.39 is 32.0 Å². The molecule has 2 atom stereocenters. The monoisotopic (exact) mass is 514 g/mol. The van der Waals surface area contributed by atoms with Crippen LogP contribution in [0.15, 0.2) is 42.6 Å². The van der Waals surface area contributed by atoms with Gasteiger partial charge in [0, 0.05) is 11.8 Å². The highest BCUT2D eigenvalue weighted by Crippen LogP contribution is 2.38. The van der Waals surface area contributed by atoms with Gasteiger partial charge in [-0.1, -0.05) is 58.0 Å². The summed E-state index contributed by atoms with van der Waals surface area (Å²) in [6.45, 7) is 8.59. The zero-order valence-corrected chi connectivity index (χ0v) is 23.0. The molecule has 0 bridgehead atoms. The van der Waals surface area contributed by atoms with Crippen molar-refractivity contribution in [1.82, 2.24) is 9.88 Å². The molecule has 0 saturated carbocycles. The van der Waals surface area contributed by atoms with Crippen LogP contribution in [0.1, 0.15) is 63.3 Å². The number of carbonyl (C=O) groups excluding carboxylic acids is 2. The predicted octanol–water partition coefficient (Wildman–Crippen LogP) is 5.32. The predicted molar refractivity (Wildman–Crippen MR) is 139 cm³/mol. The molecule has 8 nitrogen and oxygen atoms in total. The maximum atomic E-state index is 13.5. The van der Waals surface area contributed by atoms with Gasteiger partial charge in [-0.15, -0.1) is 0 Å². The molecule has 0 unspecified atom stereocenters. The van der Waals surface area contributed by atoms with Gasteiger partial charge in [0.25, 0.3) is 0 Å². The van der Waals surface area contributed by atoms with E-state index in [4.69, 9.17) is 13.9 Å². The molecular weight excluding hydrogens is 476 g/mol. The highest BCUT2D eigenvalue weighted by molar-refractivity contribution is 6.73. The van der Waals surface area contributed by atoms with Crippen molar-refractivity contribution in [2.45, 2.75) is 76.9 Å². The molecule has 1 aliphatic heterocycles. The lowest BCUT2D eigenvalue weighted by atomic mass is 9.85. The van der Waals surface area contributed by atoms with Crippen LogP contribution < -0.4 is 4.74 Å². The van der Waals surface area contributed by atoms with Crippen molar-refractivity contribution < 1.29 is 28.6 Å². The molecule has 1 fully saturated rings. The van der Waals surface area contributed by atoms with Crippen molar-refractivity contribution in [3.05, 3.63) is 59.3 Å². The van der Waals surface area contributed by atoms with Gasteiger partial charge in [-0.3, -0.25) is 4.79 Å². The van der Waals surface area contributed by atoms with Crippen molar-refractivity contribution in [3.8, 4) is 5.88 Å². The van der Waals surface area contributed by atoms with Gasteiger partial charge in [-0.2, -0.15) is 0 Å². The summed E-state index contributed by atoms with van der Waals surface area (Å²) in [5.74, 6) is -0.140. The third-order valence-corrected chi connectivity index (χ3v) is 12.1. The molecule has 196 valence electrons. The molecule has 2 aromatic rings. The van der Waals surface area contributed by atoms with Gasteiger partial charge in [0.2, 0.25) is 11.8 Å². The number of aromatic nitrogens is 1. The first-order valence-electron chi connectivity index (χ1n) is 12.7.